The molecule has 0 saturated carbocycles. The summed E-state index contributed by atoms with van der Waals surface area (Å²) in [5, 5.41) is 0. The molecule has 0 aliphatic rings. The number of aromatic amines is 1. The molecule has 1 aromatic heterocycles. The van der Waals surface area contributed by atoms with Gasteiger partial charge >= 0.3 is 11.9 Å². The summed E-state index contributed by atoms with van der Waals surface area (Å²) in [6, 6.07) is 3.29. The van der Waals surface area contributed by atoms with E-state index < -0.39 is 11.6 Å². The Bertz CT molecular complexity index is 414. The number of carbonyl (C=O) groups is 2. The van der Waals surface area contributed by atoms with Gasteiger partial charge < -0.3 is 14.5 Å². The van der Waals surface area contributed by atoms with Crippen LogP contribution in [0.3, 0.4) is 0 Å². The molecule has 0 aliphatic carbocycles. The molecule has 0 unspecified atom stereocenters. The fourth-order valence-electron chi connectivity index (χ4n) is 1.16. The van der Waals surface area contributed by atoms with Crippen molar-refractivity contribution in [3.05, 3.63) is 23.5 Å². The number of ether oxygens (including phenoxy) is 2. The summed E-state index contributed by atoms with van der Waals surface area (Å²) in [5.74, 6) is -0.787. The predicted octanol–water partition coefficient (Wildman–Crippen LogP) is 2.03. The average molecular weight is 239 g/mol. The molecular formula is C12H17NO4. The van der Waals surface area contributed by atoms with Crippen molar-refractivity contribution < 1.29 is 19.1 Å². The highest BCUT2D eigenvalue weighted by Gasteiger charge is 2.18. The number of carbonyl (C=O) groups excluding carboxylic acids is 2. The topological polar surface area (TPSA) is 68.4 Å². The summed E-state index contributed by atoms with van der Waals surface area (Å²) in [6.07, 6.45) is 0. The van der Waals surface area contributed by atoms with Crippen LogP contribution in [-0.2, 0) is 20.9 Å². The van der Waals surface area contributed by atoms with Gasteiger partial charge in [0.1, 0.15) is 17.9 Å². The highest BCUT2D eigenvalue weighted by Crippen LogP contribution is 2.12. The van der Waals surface area contributed by atoms with E-state index >= 15 is 0 Å². The first kappa shape index (κ1) is 13.3. The third-order valence-corrected chi connectivity index (χ3v) is 1.80. The largest absolute Gasteiger partial charge is 0.459 e. The smallest absolute Gasteiger partial charge is 0.355 e. The minimum Gasteiger partial charge on any atom is -0.459 e. The SMILES string of the molecule is CC(=O)OCc1ccc(C(=O)OC(C)(C)C)[nH]1. The molecule has 0 aromatic carbocycles. The standard InChI is InChI=1S/C12H17NO4/c1-8(14)16-7-9-5-6-10(13-9)11(15)17-12(2,3)4/h5-6,13H,7H2,1-4H3. The summed E-state index contributed by atoms with van der Waals surface area (Å²) < 4.78 is 9.98. The summed E-state index contributed by atoms with van der Waals surface area (Å²) in [7, 11) is 0. The van der Waals surface area contributed by atoms with Gasteiger partial charge in [-0.3, -0.25) is 4.79 Å². The van der Waals surface area contributed by atoms with E-state index in [4.69, 9.17) is 9.47 Å². The van der Waals surface area contributed by atoms with Gasteiger partial charge in [-0.25, -0.2) is 4.79 Å². The number of H-pyrrole nitrogens is 1. The van der Waals surface area contributed by atoms with Crippen LogP contribution in [0.5, 0.6) is 0 Å². The molecule has 0 aliphatic heterocycles. The summed E-state index contributed by atoms with van der Waals surface area (Å²) in [4.78, 5) is 25.1. The van der Waals surface area contributed by atoms with Gasteiger partial charge in [-0.05, 0) is 32.9 Å². The molecular weight excluding hydrogens is 222 g/mol. The summed E-state index contributed by atoms with van der Waals surface area (Å²) >= 11 is 0. The van der Waals surface area contributed by atoms with Crippen molar-refractivity contribution in [3.63, 3.8) is 0 Å². The molecule has 5 heteroatoms. The lowest BCUT2D eigenvalue weighted by molar-refractivity contribution is -0.142. The highest BCUT2D eigenvalue weighted by atomic mass is 16.6. The number of aromatic nitrogens is 1. The van der Waals surface area contributed by atoms with Crippen LogP contribution in [0.25, 0.3) is 0 Å². The number of hydrogen-bond acceptors (Lipinski definition) is 4. The van der Waals surface area contributed by atoms with Gasteiger partial charge in [0.15, 0.2) is 0 Å². The van der Waals surface area contributed by atoms with E-state index in [1.54, 1.807) is 32.9 Å². The van der Waals surface area contributed by atoms with Crippen LogP contribution in [0.4, 0.5) is 0 Å². The summed E-state index contributed by atoms with van der Waals surface area (Å²) in [5.41, 5.74) is 0.473. The van der Waals surface area contributed by atoms with E-state index in [0.717, 1.165) is 0 Å². The second-order valence-corrected chi connectivity index (χ2v) is 4.68. The molecule has 1 aromatic rings. The molecule has 1 heterocycles. The monoisotopic (exact) mass is 239 g/mol. The Morgan fingerprint density at radius 1 is 1.29 bits per heavy atom. The van der Waals surface area contributed by atoms with E-state index in [1.807, 2.05) is 0 Å². The van der Waals surface area contributed by atoms with Gasteiger partial charge in [0.05, 0.1) is 5.69 Å². The van der Waals surface area contributed by atoms with Gasteiger partial charge in [0, 0.05) is 6.92 Å². The van der Waals surface area contributed by atoms with Crippen molar-refractivity contribution in [1.29, 1.82) is 0 Å². The van der Waals surface area contributed by atoms with Crippen molar-refractivity contribution in [2.24, 2.45) is 0 Å². The molecule has 0 bridgehead atoms. The fraction of sp³-hybridized carbons (Fsp3) is 0.500. The van der Waals surface area contributed by atoms with Crippen LogP contribution in [0, 0.1) is 0 Å². The first-order valence-corrected chi connectivity index (χ1v) is 5.32. The van der Waals surface area contributed by atoms with Crippen molar-refractivity contribution in [3.8, 4) is 0 Å². The average Bonchev–Trinajstić information content (AvgIpc) is 2.60. The van der Waals surface area contributed by atoms with Gasteiger partial charge in [-0.1, -0.05) is 0 Å². The minimum absolute atomic E-state index is 0.123. The van der Waals surface area contributed by atoms with Gasteiger partial charge in [0.2, 0.25) is 0 Å². The third kappa shape index (κ3) is 4.72. The zero-order chi connectivity index (χ0) is 13.1. The van der Waals surface area contributed by atoms with Crippen LogP contribution in [-0.4, -0.2) is 22.5 Å². The highest BCUT2D eigenvalue weighted by molar-refractivity contribution is 5.87. The Morgan fingerprint density at radius 2 is 1.94 bits per heavy atom. The number of rotatable bonds is 3. The minimum atomic E-state index is -0.530. The van der Waals surface area contributed by atoms with Crippen LogP contribution >= 0.6 is 0 Å². The fourth-order valence-corrected chi connectivity index (χ4v) is 1.16. The van der Waals surface area contributed by atoms with Crippen molar-refractivity contribution in [2.75, 3.05) is 0 Å². The lowest BCUT2D eigenvalue weighted by Gasteiger charge is -2.18. The Morgan fingerprint density at radius 3 is 2.47 bits per heavy atom. The van der Waals surface area contributed by atoms with E-state index in [2.05, 4.69) is 4.98 Å². The van der Waals surface area contributed by atoms with Gasteiger partial charge in [0.25, 0.3) is 0 Å². The predicted molar refractivity (Wildman–Crippen MR) is 61.4 cm³/mol. The van der Waals surface area contributed by atoms with Crippen LogP contribution in [0.2, 0.25) is 0 Å². The zero-order valence-electron chi connectivity index (χ0n) is 10.5. The van der Waals surface area contributed by atoms with E-state index in [-0.39, 0.29) is 12.6 Å². The third-order valence-electron chi connectivity index (χ3n) is 1.80. The van der Waals surface area contributed by atoms with Crippen molar-refractivity contribution in [1.82, 2.24) is 4.98 Å². The maximum Gasteiger partial charge on any atom is 0.355 e. The molecule has 0 saturated heterocycles. The maximum atomic E-state index is 11.7. The molecule has 1 N–H and O–H groups in total. The van der Waals surface area contributed by atoms with Crippen molar-refractivity contribution in [2.45, 2.75) is 39.9 Å². The van der Waals surface area contributed by atoms with E-state index in [0.29, 0.717) is 11.4 Å². The first-order valence-electron chi connectivity index (χ1n) is 5.32. The van der Waals surface area contributed by atoms with Crippen LogP contribution < -0.4 is 0 Å². The Labute approximate surface area is 100 Å². The molecule has 94 valence electrons. The molecule has 0 radical (unpaired) electrons. The van der Waals surface area contributed by atoms with Gasteiger partial charge in [-0.2, -0.15) is 0 Å². The normalized spacial score (nSPS) is 11.1. The molecule has 1 rings (SSSR count). The summed E-state index contributed by atoms with van der Waals surface area (Å²) in [6.45, 7) is 6.85. The lowest BCUT2D eigenvalue weighted by atomic mass is 10.2. The Hall–Kier alpha value is -1.78. The molecule has 17 heavy (non-hydrogen) atoms. The Kier molecular flexibility index (Phi) is 3.93. The molecule has 0 atom stereocenters. The quantitative estimate of drug-likeness (QED) is 0.819. The Balaban J connectivity index is 2.61. The number of nitrogens with one attached hydrogen (secondary N) is 1. The molecule has 0 spiro atoms. The second-order valence-electron chi connectivity index (χ2n) is 4.68. The maximum absolute atomic E-state index is 11.7. The first-order chi connectivity index (χ1) is 7.78. The molecule has 0 fully saturated rings. The van der Waals surface area contributed by atoms with Crippen molar-refractivity contribution >= 4 is 11.9 Å². The van der Waals surface area contributed by atoms with Gasteiger partial charge in [-0.15, -0.1) is 0 Å². The molecule has 5 nitrogen and oxygen atoms in total. The number of hydrogen-bond donors (Lipinski definition) is 1. The van der Waals surface area contributed by atoms with Crippen LogP contribution in [0.15, 0.2) is 12.1 Å². The second kappa shape index (κ2) is 5.03. The molecule has 0 amide bonds. The number of esters is 2. The zero-order valence-corrected chi connectivity index (χ0v) is 10.5. The lowest BCUT2D eigenvalue weighted by Crippen LogP contribution is -2.24. The van der Waals surface area contributed by atoms with E-state index in [9.17, 15) is 9.59 Å². The van der Waals surface area contributed by atoms with Crippen LogP contribution in [0.1, 0.15) is 43.9 Å². The van der Waals surface area contributed by atoms with E-state index in [1.165, 1.54) is 6.92 Å².